The minimum atomic E-state index is -3.04. The molecule has 3 heterocycles. The first-order chi connectivity index (χ1) is 16.0. The molecule has 2 aromatic carbocycles. The summed E-state index contributed by atoms with van der Waals surface area (Å²) in [5, 5.41) is 4.02. The molecule has 1 N–H and O–H groups in total. The highest BCUT2D eigenvalue weighted by Crippen LogP contribution is 2.32. The molecule has 10 heteroatoms. The number of carbonyl (C=O) groups excluding carboxylic acids is 1. The first-order valence-corrected chi connectivity index (χ1v) is 13.7. The van der Waals surface area contributed by atoms with Gasteiger partial charge in [-0.3, -0.25) is 9.69 Å². The molecule has 0 radical (unpaired) electrons. The molecule has 0 spiro atoms. The molecule has 0 bridgehead atoms. The Bertz CT molecular complexity index is 1230. The number of anilines is 2. The number of hydrogen-bond donors (Lipinski definition) is 1. The molecule has 1 amide bonds. The van der Waals surface area contributed by atoms with Gasteiger partial charge in [-0.2, -0.15) is 0 Å². The highest BCUT2D eigenvalue weighted by molar-refractivity contribution is 7.91. The van der Waals surface area contributed by atoms with Gasteiger partial charge in [-0.1, -0.05) is 41.7 Å². The largest absolute Gasteiger partial charge is 0.378 e. The Hall–Kier alpha value is -2.53. The number of amides is 1. The van der Waals surface area contributed by atoms with E-state index in [4.69, 9.17) is 9.72 Å². The van der Waals surface area contributed by atoms with Crippen molar-refractivity contribution in [1.29, 1.82) is 0 Å². The van der Waals surface area contributed by atoms with Crippen LogP contribution in [0.25, 0.3) is 10.2 Å². The average Bonchev–Trinajstić information content (AvgIpc) is 3.25. The topological polar surface area (TPSA) is 91.8 Å². The zero-order chi connectivity index (χ0) is 22.8. The molecule has 33 heavy (non-hydrogen) atoms. The molecular weight excluding hydrogens is 460 g/mol. The molecule has 0 saturated carbocycles. The van der Waals surface area contributed by atoms with E-state index in [1.54, 1.807) is 11.3 Å². The Morgan fingerprint density at radius 3 is 2.48 bits per heavy atom. The van der Waals surface area contributed by atoms with Crippen LogP contribution < -0.4 is 10.2 Å². The summed E-state index contributed by atoms with van der Waals surface area (Å²) in [5.41, 5.74) is 2.46. The maximum Gasteiger partial charge on any atom is 0.246 e. The van der Waals surface area contributed by atoms with Crippen molar-refractivity contribution >= 4 is 48.1 Å². The summed E-state index contributed by atoms with van der Waals surface area (Å²) in [6, 6.07) is 14.7. The SMILES string of the molecule is O=C(Nc1ccc2nc(N3CCOCC3)sc2c1)C(c1ccccc1)N1CCS(=O)(=O)CC1. The van der Waals surface area contributed by atoms with Gasteiger partial charge in [0, 0.05) is 31.9 Å². The molecular formula is C23H26N4O4S2. The van der Waals surface area contributed by atoms with Gasteiger partial charge in [0.15, 0.2) is 15.0 Å². The van der Waals surface area contributed by atoms with Crippen LogP contribution in [0.2, 0.25) is 0 Å². The van der Waals surface area contributed by atoms with Gasteiger partial charge in [-0.25, -0.2) is 13.4 Å². The summed E-state index contributed by atoms with van der Waals surface area (Å²) in [7, 11) is -3.04. The van der Waals surface area contributed by atoms with Gasteiger partial charge in [-0.05, 0) is 23.8 Å². The maximum absolute atomic E-state index is 13.4. The molecule has 3 aromatic rings. The summed E-state index contributed by atoms with van der Waals surface area (Å²) in [6.45, 7) is 3.74. The lowest BCUT2D eigenvalue weighted by molar-refractivity contribution is -0.121. The van der Waals surface area contributed by atoms with Crippen molar-refractivity contribution in [2.75, 3.05) is 61.1 Å². The fourth-order valence-corrected chi connectivity index (χ4v) is 6.52. The van der Waals surface area contributed by atoms with Crippen molar-refractivity contribution in [2.24, 2.45) is 0 Å². The summed E-state index contributed by atoms with van der Waals surface area (Å²) < 4.78 is 30.3. The summed E-state index contributed by atoms with van der Waals surface area (Å²) >= 11 is 1.61. The second-order valence-electron chi connectivity index (χ2n) is 8.27. The standard InChI is InChI=1S/C23H26N4O4S2/c28-22(21(17-4-2-1-3-5-17)26-10-14-33(29,30)15-11-26)24-18-6-7-19-20(16-18)32-23(25-19)27-8-12-31-13-9-27/h1-7,16,21H,8-15H2,(H,24,28). The zero-order valence-electron chi connectivity index (χ0n) is 18.1. The third kappa shape index (κ3) is 5.03. The van der Waals surface area contributed by atoms with Crippen molar-refractivity contribution in [3.8, 4) is 0 Å². The van der Waals surface area contributed by atoms with Gasteiger partial charge in [-0.15, -0.1) is 0 Å². The number of benzene rings is 2. The lowest BCUT2D eigenvalue weighted by Gasteiger charge is -2.33. The molecule has 0 aliphatic carbocycles. The highest BCUT2D eigenvalue weighted by Gasteiger charge is 2.32. The third-order valence-electron chi connectivity index (χ3n) is 6.03. The Morgan fingerprint density at radius 2 is 1.76 bits per heavy atom. The lowest BCUT2D eigenvalue weighted by Crippen LogP contribution is -2.46. The average molecular weight is 487 g/mol. The number of aromatic nitrogens is 1. The van der Waals surface area contributed by atoms with Gasteiger partial charge in [0.25, 0.3) is 0 Å². The summed E-state index contributed by atoms with van der Waals surface area (Å²) in [5.74, 6) is -0.0283. The van der Waals surface area contributed by atoms with Gasteiger partial charge in [0.2, 0.25) is 5.91 Å². The van der Waals surface area contributed by atoms with E-state index < -0.39 is 15.9 Å². The summed E-state index contributed by atoms with van der Waals surface area (Å²) in [6.07, 6.45) is 0. The van der Waals surface area contributed by atoms with Gasteiger partial charge in [0.05, 0.1) is 34.9 Å². The van der Waals surface area contributed by atoms with Crippen molar-refractivity contribution in [3.63, 3.8) is 0 Å². The molecule has 8 nitrogen and oxygen atoms in total. The van der Waals surface area contributed by atoms with Crippen LogP contribution in [0.1, 0.15) is 11.6 Å². The van der Waals surface area contributed by atoms with Crippen LogP contribution in [0, 0.1) is 0 Å². The number of nitrogens with zero attached hydrogens (tertiary/aromatic N) is 3. The molecule has 1 unspecified atom stereocenters. The Kier molecular flexibility index (Phi) is 6.33. The minimum Gasteiger partial charge on any atom is -0.378 e. The van der Waals surface area contributed by atoms with E-state index in [1.807, 2.05) is 53.4 Å². The predicted octanol–water partition coefficient (Wildman–Crippen LogP) is 2.54. The van der Waals surface area contributed by atoms with E-state index in [9.17, 15) is 13.2 Å². The quantitative estimate of drug-likeness (QED) is 0.593. The van der Waals surface area contributed by atoms with Crippen molar-refractivity contribution in [2.45, 2.75) is 6.04 Å². The first-order valence-electron chi connectivity index (χ1n) is 11.0. The molecule has 174 valence electrons. The number of carbonyl (C=O) groups is 1. The fraction of sp³-hybridized carbons (Fsp3) is 0.391. The van der Waals surface area contributed by atoms with Crippen LogP contribution in [-0.2, 0) is 19.4 Å². The van der Waals surface area contributed by atoms with Gasteiger partial charge < -0.3 is 15.0 Å². The number of rotatable bonds is 5. The molecule has 1 atom stereocenters. The van der Waals surface area contributed by atoms with Crippen LogP contribution in [-0.4, -0.2) is 75.1 Å². The molecule has 2 aliphatic heterocycles. The van der Waals surface area contributed by atoms with Crippen molar-refractivity contribution in [3.05, 3.63) is 54.1 Å². The number of morpholine rings is 1. The highest BCUT2D eigenvalue weighted by atomic mass is 32.2. The van der Waals surface area contributed by atoms with E-state index in [0.29, 0.717) is 32.0 Å². The van der Waals surface area contributed by atoms with Gasteiger partial charge >= 0.3 is 0 Å². The number of sulfone groups is 1. The Labute approximate surface area is 197 Å². The van der Waals surface area contributed by atoms with Gasteiger partial charge in [0.1, 0.15) is 6.04 Å². The third-order valence-corrected chi connectivity index (χ3v) is 8.72. The molecule has 1 aromatic heterocycles. The van der Waals surface area contributed by atoms with Crippen LogP contribution in [0.4, 0.5) is 10.8 Å². The van der Waals surface area contributed by atoms with Crippen LogP contribution in [0.15, 0.2) is 48.5 Å². The second-order valence-corrected chi connectivity index (χ2v) is 11.6. The lowest BCUT2D eigenvalue weighted by atomic mass is 10.0. The zero-order valence-corrected chi connectivity index (χ0v) is 19.8. The maximum atomic E-state index is 13.4. The number of hydrogen-bond acceptors (Lipinski definition) is 8. The number of ether oxygens (including phenoxy) is 1. The summed E-state index contributed by atoms with van der Waals surface area (Å²) in [4.78, 5) is 22.3. The molecule has 2 aliphatic rings. The molecule has 2 fully saturated rings. The number of fused-ring (bicyclic) bond motifs is 1. The fourth-order valence-electron chi connectivity index (χ4n) is 4.24. The van der Waals surface area contributed by atoms with Crippen LogP contribution in [0.3, 0.4) is 0 Å². The molecule has 2 saturated heterocycles. The number of nitrogens with one attached hydrogen (secondary N) is 1. The van der Waals surface area contributed by atoms with Crippen LogP contribution in [0.5, 0.6) is 0 Å². The van der Waals surface area contributed by atoms with Crippen LogP contribution >= 0.6 is 11.3 Å². The smallest absolute Gasteiger partial charge is 0.246 e. The normalized spacial score (nSPS) is 19.9. The number of thiazole rings is 1. The monoisotopic (exact) mass is 486 g/mol. The first kappa shape index (κ1) is 22.3. The molecule has 5 rings (SSSR count). The van der Waals surface area contributed by atoms with E-state index in [1.165, 1.54) is 0 Å². The second kappa shape index (κ2) is 9.38. The Balaban J connectivity index is 1.37. The van der Waals surface area contributed by atoms with E-state index in [-0.39, 0.29) is 17.4 Å². The van der Waals surface area contributed by atoms with Crippen molar-refractivity contribution in [1.82, 2.24) is 9.88 Å². The van der Waals surface area contributed by atoms with E-state index in [2.05, 4.69) is 10.2 Å². The minimum absolute atomic E-state index is 0.0702. The van der Waals surface area contributed by atoms with E-state index >= 15 is 0 Å². The van der Waals surface area contributed by atoms with E-state index in [0.717, 1.165) is 34.0 Å². The Morgan fingerprint density at radius 1 is 1.03 bits per heavy atom. The van der Waals surface area contributed by atoms with Crippen molar-refractivity contribution < 1.29 is 17.9 Å². The predicted molar refractivity (Wildman–Crippen MR) is 131 cm³/mol.